The second kappa shape index (κ2) is 14.8. The SMILES string of the molecule is c1ccc(Nc2ccc(-c3ccc(Nc4ccccc4)cc3)cc2)cc1.c1ccc2c(c1)Cc1c(-c3ccc(-n4nc5ccccc5n4)cc3)cccc1-2. The van der Waals surface area contributed by atoms with E-state index < -0.39 is 0 Å². The zero-order valence-electron chi connectivity index (χ0n) is 29.6. The Morgan fingerprint density at radius 2 is 0.796 bits per heavy atom. The molecule has 8 aromatic carbocycles. The van der Waals surface area contributed by atoms with Crippen molar-refractivity contribution in [3.05, 3.63) is 211 Å². The average molecular weight is 696 g/mol. The first-order valence-corrected chi connectivity index (χ1v) is 18.2. The number of hydrogen-bond acceptors (Lipinski definition) is 4. The van der Waals surface area contributed by atoms with E-state index in [9.17, 15) is 0 Å². The number of nitrogens with one attached hydrogen (secondary N) is 2. The molecule has 0 unspecified atom stereocenters. The van der Waals surface area contributed by atoms with Crippen LogP contribution in [0.4, 0.5) is 22.7 Å². The van der Waals surface area contributed by atoms with E-state index in [1.807, 2.05) is 60.7 Å². The molecular weight excluding hydrogens is 659 g/mol. The first-order valence-electron chi connectivity index (χ1n) is 18.2. The fourth-order valence-corrected chi connectivity index (χ4v) is 7.05. The summed E-state index contributed by atoms with van der Waals surface area (Å²) in [5, 5.41) is 16.0. The van der Waals surface area contributed by atoms with Crippen molar-refractivity contribution in [2.75, 3.05) is 10.6 Å². The van der Waals surface area contributed by atoms with Crippen LogP contribution in [0.2, 0.25) is 0 Å². The van der Waals surface area contributed by atoms with Crippen LogP contribution < -0.4 is 10.6 Å². The molecule has 0 atom stereocenters. The normalized spacial score (nSPS) is 11.3. The van der Waals surface area contributed by atoms with Crippen LogP contribution >= 0.6 is 0 Å². The van der Waals surface area contributed by atoms with Gasteiger partial charge in [0.2, 0.25) is 0 Å². The van der Waals surface area contributed by atoms with E-state index in [2.05, 4.69) is 160 Å². The summed E-state index contributed by atoms with van der Waals surface area (Å²) in [6.07, 6.45) is 0.996. The Hall–Kier alpha value is -7.24. The fourth-order valence-electron chi connectivity index (χ4n) is 7.05. The molecule has 0 aliphatic heterocycles. The highest BCUT2D eigenvalue weighted by atomic mass is 15.5. The number of anilines is 4. The Kier molecular flexibility index (Phi) is 8.94. The van der Waals surface area contributed by atoms with Crippen LogP contribution in [0, 0.1) is 0 Å². The van der Waals surface area contributed by atoms with E-state index in [1.54, 1.807) is 4.80 Å². The summed E-state index contributed by atoms with van der Waals surface area (Å²) < 4.78 is 0. The van der Waals surface area contributed by atoms with Crippen molar-refractivity contribution in [2.45, 2.75) is 6.42 Å². The van der Waals surface area contributed by atoms with E-state index in [-0.39, 0.29) is 0 Å². The molecule has 0 spiro atoms. The Balaban J connectivity index is 0.000000143. The minimum absolute atomic E-state index is 0.908. The van der Waals surface area contributed by atoms with E-state index in [0.717, 1.165) is 45.9 Å². The highest BCUT2D eigenvalue weighted by molar-refractivity contribution is 5.85. The minimum Gasteiger partial charge on any atom is -0.356 e. The molecular formula is C49H37N5. The van der Waals surface area contributed by atoms with Crippen molar-refractivity contribution < 1.29 is 0 Å². The fraction of sp³-hybridized carbons (Fsp3) is 0.0204. The van der Waals surface area contributed by atoms with Gasteiger partial charge in [-0.1, -0.05) is 127 Å². The van der Waals surface area contributed by atoms with Crippen molar-refractivity contribution in [2.24, 2.45) is 0 Å². The van der Waals surface area contributed by atoms with Crippen molar-refractivity contribution in [1.29, 1.82) is 0 Å². The van der Waals surface area contributed by atoms with Gasteiger partial charge in [0.05, 0.1) is 5.69 Å². The average Bonchev–Trinajstić information content (AvgIpc) is 3.85. The van der Waals surface area contributed by atoms with E-state index >= 15 is 0 Å². The lowest BCUT2D eigenvalue weighted by Gasteiger charge is -2.09. The second-order valence-corrected chi connectivity index (χ2v) is 13.3. The third kappa shape index (κ3) is 6.99. The molecule has 0 bridgehead atoms. The molecule has 54 heavy (non-hydrogen) atoms. The predicted molar refractivity (Wildman–Crippen MR) is 224 cm³/mol. The highest BCUT2D eigenvalue weighted by Gasteiger charge is 2.21. The lowest BCUT2D eigenvalue weighted by molar-refractivity contribution is 0.766. The molecule has 2 N–H and O–H groups in total. The van der Waals surface area contributed by atoms with Crippen LogP contribution in [0.3, 0.4) is 0 Å². The number of nitrogens with zero attached hydrogens (tertiary/aromatic N) is 3. The maximum absolute atomic E-state index is 4.58. The van der Waals surface area contributed by atoms with Crippen LogP contribution in [-0.4, -0.2) is 15.0 Å². The summed E-state index contributed by atoms with van der Waals surface area (Å²) >= 11 is 0. The largest absolute Gasteiger partial charge is 0.356 e. The first kappa shape index (κ1) is 32.7. The third-order valence-corrected chi connectivity index (χ3v) is 9.77. The number of benzene rings is 8. The zero-order valence-corrected chi connectivity index (χ0v) is 29.6. The van der Waals surface area contributed by atoms with Gasteiger partial charge in [-0.2, -0.15) is 4.80 Å². The van der Waals surface area contributed by atoms with Gasteiger partial charge in [0.1, 0.15) is 11.0 Å². The third-order valence-electron chi connectivity index (χ3n) is 9.77. The Morgan fingerprint density at radius 1 is 0.352 bits per heavy atom. The number of aromatic nitrogens is 3. The molecule has 0 fully saturated rings. The minimum atomic E-state index is 0.908. The van der Waals surface area contributed by atoms with Gasteiger partial charge < -0.3 is 10.6 Å². The van der Waals surface area contributed by atoms with Crippen molar-refractivity contribution in [3.8, 4) is 39.1 Å². The summed E-state index contributed by atoms with van der Waals surface area (Å²) in [6, 6.07) is 69.2. The molecule has 5 nitrogen and oxygen atoms in total. The monoisotopic (exact) mass is 695 g/mol. The van der Waals surface area contributed by atoms with Gasteiger partial charge in [-0.25, -0.2) is 0 Å². The maximum Gasteiger partial charge on any atom is 0.113 e. The summed E-state index contributed by atoms with van der Waals surface area (Å²) in [4.78, 5) is 1.71. The maximum atomic E-state index is 4.58. The van der Waals surface area contributed by atoms with Gasteiger partial charge >= 0.3 is 0 Å². The molecule has 1 aromatic heterocycles. The Morgan fingerprint density at radius 3 is 1.37 bits per heavy atom. The second-order valence-electron chi connectivity index (χ2n) is 13.3. The Bertz CT molecular complexity index is 2530. The number of para-hydroxylation sites is 2. The molecule has 0 radical (unpaired) electrons. The summed E-state index contributed by atoms with van der Waals surface area (Å²) in [5.41, 5.74) is 17.6. The van der Waals surface area contributed by atoms with Gasteiger partial charge in [0, 0.05) is 22.7 Å². The number of hydrogen-bond donors (Lipinski definition) is 2. The molecule has 0 amide bonds. The van der Waals surface area contributed by atoms with Crippen LogP contribution in [0.5, 0.6) is 0 Å². The molecule has 1 heterocycles. The van der Waals surface area contributed by atoms with Crippen molar-refractivity contribution in [3.63, 3.8) is 0 Å². The lowest BCUT2D eigenvalue weighted by atomic mass is 9.96. The summed E-state index contributed by atoms with van der Waals surface area (Å²) in [6.45, 7) is 0. The molecule has 9 aromatic rings. The van der Waals surface area contributed by atoms with Gasteiger partial charge in [-0.15, -0.1) is 10.2 Å². The van der Waals surface area contributed by atoms with Crippen molar-refractivity contribution >= 4 is 33.8 Å². The molecule has 0 saturated carbocycles. The molecule has 0 saturated heterocycles. The van der Waals surface area contributed by atoms with Gasteiger partial charge in [0.25, 0.3) is 0 Å². The summed E-state index contributed by atoms with van der Waals surface area (Å²) in [5.74, 6) is 0. The highest BCUT2D eigenvalue weighted by Crippen LogP contribution is 2.41. The lowest BCUT2D eigenvalue weighted by Crippen LogP contribution is -1.98. The standard InChI is InChI=1S/C25H17N3.C24H20N2/c1-2-7-21-18(6-1)16-23-20(8-5-9-22(21)23)17-12-14-19(15-13-17)28-26-24-10-3-4-11-25(24)27-28;1-3-7-21(8-4-1)25-23-15-11-19(12-16-23)20-13-17-24(18-14-20)26-22-9-5-2-6-10-22/h1-15H,16H2;1-18,25-26H. The first-order chi connectivity index (χ1) is 26.7. The predicted octanol–water partition coefficient (Wildman–Crippen LogP) is 12.5. The Labute approximate surface area is 315 Å². The van der Waals surface area contributed by atoms with E-state index in [1.165, 1.54) is 44.5 Å². The van der Waals surface area contributed by atoms with Crippen LogP contribution in [-0.2, 0) is 6.42 Å². The molecule has 1 aliphatic carbocycles. The summed E-state index contributed by atoms with van der Waals surface area (Å²) in [7, 11) is 0. The molecule has 5 heteroatoms. The van der Waals surface area contributed by atoms with Crippen LogP contribution in [0.15, 0.2) is 200 Å². The quantitative estimate of drug-likeness (QED) is 0.174. The van der Waals surface area contributed by atoms with Crippen LogP contribution in [0.25, 0.3) is 50.1 Å². The van der Waals surface area contributed by atoms with E-state index in [4.69, 9.17) is 0 Å². The van der Waals surface area contributed by atoms with Gasteiger partial charge in [0.15, 0.2) is 0 Å². The number of rotatable bonds is 7. The van der Waals surface area contributed by atoms with Gasteiger partial charge in [-0.3, -0.25) is 0 Å². The van der Waals surface area contributed by atoms with Crippen molar-refractivity contribution in [1.82, 2.24) is 15.0 Å². The topological polar surface area (TPSA) is 54.8 Å². The van der Waals surface area contributed by atoms with E-state index in [0.29, 0.717) is 0 Å². The molecule has 10 rings (SSSR count). The van der Waals surface area contributed by atoms with Crippen LogP contribution in [0.1, 0.15) is 11.1 Å². The zero-order chi connectivity index (χ0) is 36.1. The van der Waals surface area contributed by atoms with Gasteiger partial charge in [-0.05, 0) is 124 Å². The molecule has 258 valence electrons. The smallest absolute Gasteiger partial charge is 0.113 e. The number of fused-ring (bicyclic) bond motifs is 4. The molecule has 1 aliphatic rings.